The highest BCUT2D eigenvalue weighted by molar-refractivity contribution is 5.78. The van der Waals surface area contributed by atoms with Gasteiger partial charge in [-0.25, -0.2) is 0 Å². The second-order valence-corrected chi connectivity index (χ2v) is 5.80. The number of hydrogen-bond acceptors (Lipinski definition) is 3. The summed E-state index contributed by atoms with van der Waals surface area (Å²) in [6.45, 7) is 1.56. The van der Waals surface area contributed by atoms with Crippen molar-refractivity contribution in [1.29, 1.82) is 0 Å². The summed E-state index contributed by atoms with van der Waals surface area (Å²) in [5, 5.41) is 3.12. The summed E-state index contributed by atoms with van der Waals surface area (Å²) in [6, 6.07) is 0. The maximum Gasteiger partial charge on any atom is 0.225 e. The second kappa shape index (κ2) is 7.85. The molecule has 1 aliphatic carbocycles. The van der Waals surface area contributed by atoms with E-state index in [0.717, 1.165) is 38.9 Å². The number of nitrogens with one attached hydrogen (secondary N) is 1. The molecule has 19 heavy (non-hydrogen) atoms. The molecule has 2 rings (SSSR count). The molecule has 2 aliphatic rings. The molecule has 0 aromatic rings. The lowest BCUT2D eigenvalue weighted by atomic mass is 9.96. The Morgan fingerprint density at radius 3 is 2.32 bits per heavy atom. The van der Waals surface area contributed by atoms with Crippen molar-refractivity contribution in [1.82, 2.24) is 5.32 Å². The van der Waals surface area contributed by atoms with E-state index in [0.29, 0.717) is 5.92 Å². The van der Waals surface area contributed by atoms with Crippen molar-refractivity contribution in [2.24, 2.45) is 11.8 Å². The molecule has 1 heterocycles. The molecule has 1 saturated carbocycles. The van der Waals surface area contributed by atoms with Crippen molar-refractivity contribution in [3.63, 3.8) is 0 Å². The Morgan fingerprint density at radius 2 is 1.74 bits per heavy atom. The smallest absolute Gasteiger partial charge is 0.225 e. The first-order valence-electron chi connectivity index (χ1n) is 7.72. The molecule has 0 aromatic carbocycles. The maximum absolute atomic E-state index is 12.3. The molecule has 1 saturated heterocycles. The second-order valence-electron chi connectivity index (χ2n) is 5.80. The average molecular weight is 269 g/mol. The fourth-order valence-corrected chi connectivity index (χ4v) is 3.19. The summed E-state index contributed by atoms with van der Waals surface area (Å²) in [7, 11) is 1.69. The number of carbonyl (C=O) groups is 1. The highest BCUT2D eigenvalue weighted by Gasteiger charge is 2.28. The molecular formula is C15H27NO3. The van der Waals surface area contributed by atoms with Gasteiger partial charge in [-0.3, -0.25) is 4.79 Å². The first kappa shape index (κ1) is 14.8. The Hall–Kier alpha value is -0.610. The largest absolute Gasteiger partial charge is 0.381 e. The minimum absolute atomic E-state index is 0.139. The summed E-state index contributed by atoms with van der Waals surface area (Å²) >= 11 is 0. The van der Waals surface area contributed by atoms with Crippen LogP contribution >= 0.6 is 0 Å². The molecule has 2 fully saturated rings. The fourth-order valence-electron chi connectivity index (χ4n) is 3.19. The van der Waals surface area contributed by atoms with E-state index in [1.165, 1.54) is 25.7 Å². The standard InChI is InChI=1S/C15H27NO3/c1-18-15(13-8-10-19-11-9-13)16-14(17)12-6-4-2-3-5-7-12/h12-13,15H,2-11H2,1H3,(H,16,17). The molecule has 0 aromatic heterocycles. The van der Waals surface area contributed by atoms with Crippen molar-refractivity contribution in [3.05, 3.63) is 0 Å². The van der Waals surface area contributed by atoms with Crippen molar-refractivity contribution in [2.75, 3.05) is 20.3 Å². The zero-order valence-corrected chi connectivity index (χ0v) is 12.0. The molecule has 1 atom stereocenters. The molecular weight excluding hydrogens is 242 g/mol. The van der Waals surface area contributed by atoms with Gasteiger partial charge in [0, 0.05) is 32.2 Å². The summed E-state index contributed by atoms with van der Waals surface area (Å²) in [5.41, 5.74) is 0. The van der Waals surface area contributed by atoms with Gasteiger partial charge in [-0.15, -0.1) is 0 Å². The lowest BCUT2D eigenvalue weighted by Crippen LogP contribution is -2.45. The molecule has 4 heteroatoms. The summed E-state index contributed by atoms with van der Waals surface area (Å²) in [5.74, 6) is 0.786. The van der Waals surface area contributed by atoms with E-state index in [1.54, 1.807) is 7.11 Å². The van der Waals surface area contributed by atoms with Crippen LogP contribution in [0.15, 0.2) is 0 Å². The van der Waals surface area contributed by atoms with Gasteiger partial charge in [0.05, 0.1) is 0 Å². The van der Waals surface area contributed by atoms with Gasteiger partial charge in [-0.2, -0.15) is 0 Å². The van der Waals surface area contributed by atoms with Crippen LogP contribution in [0, 0.1) is 11.8 Å². The lowest BCUT2D eigenvalue weighted by molar-refractivity contribution is -0.132. The van der Waals surface area contributed by atoms with Crippen molar-refractivity contribution in [3.8, 4) is 0 Å². The number of ether oxygens (including phenoxy) is 2. The van der Waals surface area contributed by atoms with Crippen molar-refractivity contribution >= 4 is 5.91 Å². The van der Waals surface area contributed by atoms with Crippen LogP contribution in [-0.2, 0) is 14.3 Å². The number of amides is 1. The van der Waals surface area contributed by atoms with Crippen molar-refractivity contribution in [2.45, 2.75) is 57.6 Å². The van der Waals surface area contributed by atoms with Gasteiger partial charge in [-0.1, -0.05) is 25.7 Å². The number of hydrogen-bond donors (Lipinski definition) is 1. The van der Waals surface area contributed by atoms with Crippen LogP contribution in [0.5, 0.6) is 0 Å². The molecule has 1 amide bonds. The third-order valence-corrected chi connectivity index (χ3v) is 4.46. The predicted molar refractivity (Wildman–Crippen MR) is 73.7 cm³/mol. The quantitative estimate of drug-likeness (QED) is 0.630. The van der Waals surface area contributed by atoms with E-state index in [4.69, 9.17) is 9.47 Å². The topological polar surface area (TPSA) is 47.6 Å². The van der Waals surface area contributed by atoms with Crippen LogP contribution < -0.4 is 5.32 Å². The molecule has 1 N–H and O–H groups in total. The maximum atomic E-state index is 12.3. The van der Waals surface area contributed by atoms with Gasteiger partial charge in [-0.05, 0) is 25.7 Å². The first-order chi connectivity index (χ1) is 9.31. The van der Waals surface area contributed by atoms with E-state index in [9.17, 15) is 4.79 Å². The van der Waals surface area contributed by atoms with E-state index in [1.807, 2.05) is 0 Å². The normalized spacial score (nSPS) is 24.7. The van der Waals surface area contributed by atoms with E-state index < -0.39 is 0 Å². The molecule has 110 valence electrons. The number of carbonyl (C=O) groups excluding carboxylic acids is 1. The predicted octanol–water partition coefficient (Wildman–Crippen LogP) is 2.47. The molecule has 1 aliphatic heterocycles. The van der Waals surface area contributed by atoms with Gasteiger partial charge < -0.3 is 14.8 Å². The zero-order chi connectivity index (χ0) is 13.5. The van der Waals surface area contributed by atoms with Gasteiger partial charge in [0.25, 0.3) is 0 Å². The summed E-state index contributed by atoms with van der Waals surface area (Å²) in [4.78, 5) is 12.3. The highest BCUT2D eigenvalue weighted by atomic mass is 16.5. The van der Waals surface area contributed by atoms with Gasteiger partial charge >= 0.3 is 0 Å². The molecule has 1 unspecified atom stereocenters. The molecule has 0 radical (unpaired) electrons. The Balaban J connectivity index is 1.83. The fraction of sp³-hybridized carbons (Fsp3) is 0.933. The van der Waals surface area contributed by atoms with Gasteiger partial charge in [0.2, 0.25) is 5.91 Å². The van der Waals surface area contributed by atoms with Crippen LogP contribution in [0.2, 0.25) is 0 Å². The Morgan fingerprint density at radius 1 is 1.11 bits per heavy atom. The van der Waals surface area contributed by atoms with Crippen LogP contribution in [0.25, 0.3) is 0 Å². The minimum atomic E-state index is -0.139. The average Bonchev–Trinajstić information content (AvgIpc) is 2.74. The molecule has 4 nitrogen and oxygen atoms in total. The van der Waals surface area contributed by atoms with Crippen molar-refractivity contribution < 1.29 is 14.3 Å². The number of rotatable bonds is 4. The zero-order valence-electron chi connectivity index (χ0n) is 12.0. The Bertz CT molecular complexity index is 269. The SMILES string of the molecule is COC(NC(=O)C1CCCCCC1)C1CCOCC1. The van der Waals surface area contributed by atoms with Crippen LogP contribution in [0.1, 0.15) is 51.4 Å². The van der Waals surface area contributed by atoms with Crippen LogP contribution in [0.4, 0.5) is 0 Å². The third-order valence-electron chi connectivity index (χ3n) is 4.46. The summed E-state index contributed by atoms with van der Waals surface area (Å²) in [6.07, 6.45) is 8.81. The van der Waals surface area contributed by atoms with E-state index in [2.05, 4.69) is 5.32 Å². The molecule has 0 bridgehead atoms. The monoisotopic (exact) mass is 269 g/mol. The Labute approximate surface area is 116 Å². The first-order valence-corrected chi connectivity index (χ1v) is 7.72. The molecule has 0 spiro atoms. The number of methoxy groups -OCH3 is 1. The Kier molecular flexibility index (Phi) is 6.11. The summed E-state index contributed by atoms with van der Waals surface area (Å²) < 4.78 is 10.9. The van der Waals surface area contributed by atoms with Crippen LogP contribution in [-0.4, -0.2) is 32.5 Å². The van der Waals surface area contributed by atoms with Gasteiger partial charge in [0.15, 0.2) is 0 Å². The third kappa shape index (κ3) is 4.46. The lowest BCUT2D eigenvalue weighted by Gasteiger charge is -2.30. The highest BCUT2D eigenvalue weighted by Crippen LogP contribution is 2.24. The van der Waals surface area contributed by atoms with E-state index >= 15 is 0 Å². The van der Waals surface area contributed by atoms with Crippen LogP contribution in [0.3, 0.4) is 0 Å². The van der Waals surface area contributed by atoms with E-state index in [-0.39, 0.29) is 18.1 Å². The minimum Gasteiger partial charge on any atom is -0.381 e. The van der Waals surface area contributed by atoms with Gasteiger partial charge in [0.1, 0.15) is 6.23 Å².